The lowest BCUT2D eigenvalue weighted by atomic mass is 10.1. The Labute approximate surface area is 116 Å². The molecule has 100 valence electrons. The Bertz CT molecular complexity index is 647. The molecule has 0 aliphatic carbocycles. The van der Waals surface area contributed by atoms with Gasteiger partial charge < -0.3 is 5.11 Å². The van der Waals surface area contributed by atoms with Crippen LogP contribution in [0.2, 0.25) is 5.02 Å². The van der Waals surface area contributed by atoms with E-state index in [2.05, 4.69) is 5.10 Å². The molecule has 2 aromatic rings. The van der Waals surface area contributed by atoms with E-state index in [0.29, 0.717) is 5.02 Å². The summed E-state index contributed by atoms with van der Waals surface area (Å²) in [5.74, 6) is -0.853. The van der Waals surface area contributed by atoms with Crippen molar-refractivity contribution >= 4 is 17.6 Å². The fourth-order valence-corrected chi connectivity index (χ4v) is 2.29. The Morgan fingerprint density at radius 3 is 2.68 bits per heavy atom. The van der Waals surface area contributed by atoms with E-state index in [9.17, 15) is 4.79 Å². The first-order valence-corrected chi connectivity index (χ1v) is 6.31. The SMILES string of the molecule is Cc1ccc(Cl)cc1-n1nc(C)c(CC(=O)O)c1C. The highest BCUT2D eigenvalue weighted by atomic mass is 35.5. The number of carboxylic acid groups (broad SMARTS) is 1. The van der Waals surface area contributed by atoms with Gasteiger partial charge >= 0.3 is 5.97 Å². The number of carbonyl (C=O) groups is 1. The van der Waals surface area contributed by atoms with Crippen LogP contribution in [-0.4, -0.2) is 20.9 Å². The van der Waals surface area contributed by atoms with Gasteiger partial charge in [-0.3, -0.25) is 4.79 Å². The summed E-state index contributed by atoms with van der Waals surface area (Å²) in [6, 6.07) is 5.58. The number of aryl methyl sites for hydroxylation is 2. The van der Waals surface area contributed by atoms with Gasteiger partial charge in [0.05, 0.1) is 17.8 Å². The van der Waals surface area contributed by atoms with E-state index in [1.165, 1.54) is 0 Å². The number of carboxylic acids is 1. The van der Waals surface area contributed by atoms with E-state index in [-0.39, 0.29) is 6.42 Å². The van der Waals surface area contributed by atoms with Gasteiger partial charge in [0.1, 0.15) is 0 Å². The first-order chi connectivity index (χ1) is 8.90. The van der Waals surface area contributed by atoms with Crippen LogP contribution in [0.15, 0.2) is 18.2 Å². The minimum absolute atomic E-state index is 0.0166. The molecule has 1 heterocycles. The predicted octanol–water partition coefficient (Wildman–Crippen LogP) is 3.08. The number of aliphatic carboxylic acids is 1. The third-order valence-electron chi connectivity index (χ3n) is 3.17. The van der Waals surface area contributed by atoms with Crippen molar-refractivity contribution in [2.45, 2.75) is 27.2 Å². The van der Waals surface area contributed by atoms with Gasteiger partial charge in [0.15, 0.2) is 0 Å². The number of nitrogens with zero attached hydrogens (tertiary/aromatic N) is 2. The lowest BCUT2D eigenvalue weighted by Crippen LogP contribution is -2.04. The lowest BCUT2D eigenvalue weighted by molar-refractivity contribution is -0.136. The second kappa shape index (κ2) is 5.05. The maximum atomic E-state index is 10.9. The van der Waals surface area contributed by atoms with Crippen LogP contribution >= 0.6 is 11.6 Å². The first-order valence-electron chi connectivity index (χ1n) is 5.93. The van der Waals surface area contributed by atoms with Gasteiger partial charge in [-0.2, -0.15) is 5.10 Å². The van der Waals surface area contributed by atoms with Crippen LogP contribution in [0.1, 0.15) is 22.5 Å². The highest BCUT2D eigenvalue weighted by molar-refractivity contribution is 6.30. The largest absolute Gasteiger partial charge is 0.481 e. The molecular formula is C14H15ClN2O2. The summed E-state index contributed by atoms with van der Waals surface area (Å²) in [5, 5.41) is 14.0. The molecule has 2 rings (SSSR count). The van der Waals surface area contributed by atoms with E-state index in [4.69, 9.17) is 16.7 Å². The summed E-state index contributed by atoms with van der Waals surface area (Å²) in [6.45, 7) is 5.67. The monoisotopic (exact) mass is 278 g/mol. The van der Waals surface area contributed by atoms with Gasteiger partial charge in [-0.25, -0.2) is 4.68 Å². The standard InChI is InChI=1S/C14H15ClN2O2/c1-8-4-5-11(15)6-13(8)17-10(3)12(7-14(18)19)9(2)16-17/h4-6H,7H2,1-3H3,(H,18,19). The van der Waals surface area contributed by atoms with E-state index in [0.717, 1.165) is 28.2 Å². The smallest absolute Gasteiger partial charge is 0.307 e. The van der Waals surface area contributed by atoms with Crippen LogP contribution in [-0.2, 0) is 11.2 Å². The van der Waals surface area contributed by atoms with Crippen molar-refractivity contribution in [3.63, 3.8) is 0 Å². The molecule has 0 saturated carbocycles. The molecule has 0 aliphatic heterocycles. The number of halogens is 1. The molecule has 5 heteroatoms. The highest BCUT2D eigenvalue weighted by Gasteiger charge is 2.16. The fourth-order valence-electron chi connectivity index (χ4n) is 2.13. The van der Waals surface area contributed by atoms with Crippen molar-refractivity contribution in [3.05, 3.63) is 45.7 Å². The number of hydrogen-bond acceptors (Lipinski definition) is 2. The number of benzene rings is 1. The maximum Gasteiger partial charge on any atom is 0.307 e. The highest BCUT2D eigenvalue weighted by Crippen LogP contribution is 2.23. The van der Waals surface area contributed by atoms with Crippen LogP contribution in [0.25, 0.3) is 5.69 Å². The summed E-state index contributed by atoms with van der Waals surface area (Å²) in [5.41, 5.74) is 4.25. The predicted molar refractivity (Wildman–Crippen MR) is 74.1 cm³/mol. The topological polar surface area (TPSA) is 55.1 Å². The quantitative estimate of drug-likeness (QED) is 0.939. The molecule has 1 aromatic heterocycles. The third-order valence-corrected chi connectivity index (χ3v) is 3.40. The third kappa shape index (κ3) is 2.63. The average Bonchev–Trinajstić information content (AvgIpc) is 2.60. The second-order valence-corrected chi connectivity index (χ2v) is 5.00. The molecule has 0 saturated heterocycles. The van der Waals surface area contributed by atoms with E-state index in [1.54, 1.807) is 4.68 Å². The second-order valence-electron chi connectivity index (χ2n) is 4.56. The molecule has 0 atom stereocenters. The molecule has 0 spiro atoms. The van der Waals surface area contributed by atoms with Crippen molar-refractivity contribution in [1.82, 2.24) is 9.78 Å². The van der Waals surface area contributed by atoms with Gasteiger partial charge in [-0.1, -0.05) is 17.7 Å². The van der Waals surface area contributed by atoms with Gasteiger partial charge in [-0.15, -0.1) is 0 Å². The van der Waals surface area contributed by atoms with E-state index >= 15 is 0 Å². The van der Waals surface area contributed by atoms with Crippen molar-refractivity contribution in [3.8, 4) is 5.69 Å². The number of hydrogen-bond donors (Lipinski definition) is 1. The van der Waals surface area contributed by atoms with Gasteiger partial charge in [0, 0.05) is 16.3 Å². The molecular weight excluding hydrogens is 264 g/mol. The molecule has 0 unspecified atom stereocenters. The van der Waals surface area contributed by atoms with Crippen molar-refractivity contribution in [1.29, 1.82) is 0 Å². The van der Waals surface area contributed by atoms with Gasteiger partial charge in [0.25, 0.3) is 0 Å². The molecule has 0 bridgehead atoms. The Morgan fingerprint density at radius 2 is 2.05 bits per heavy atom. The minimum Gasteiger partial charge on any atom is -0.481 e. The molecule has 0 aliphatic rings. The fraction of sp³-hybridized carbons (Fsp3) is 0.286. The first kappa shape index (κ1) is 13.6. The normalized spacial score (nSPS) is 10.7. The number of rotatable bonds is 3. The van der Waals surface area contributed by atoms with Gasteiger partial charge in [0.2, 0.25) is 0 Å². The molecule has 1 aromatic carbocycles. The Hall–Kier alpha value is -1.81. The molecule has 0 radical (unpaired) electrons. The maximum absolute atomic E-state index is 10.9. The summed E-state index contributed by atoms with van der Waals surface area (Å²) < 4.78 is 1.76. The zero-order chi connectivity index (χ0) is 14.2. The lowest BCUT2D eigenvalue weighted by Gasteiger charge is -2.09. The molecule has 0 amide bonds. The summed E-state index contributed by atoms with van der Waals surface area (Å²) in [7, 11) is 0. The van der Waals surface area contributed by atoms with Crippen LogP contribution in [0.5, 0.6) is 0 Å². The van der Waals surface area contributed by atoms with E-state index in [1.807, 2.05) is 39.0 Å². The van der Waals surface area contributed by atoms with Crippen molar-refractivity contribution in [2.24, 2.45) is 0 Å². The van der Waals surface area contributed by atoms with Crippen molar-refractivity contribution < 1.29 is 9.90 Å². The Morgan fingerprint density at radius 1 is 1.37 bits per heavy atom. The number of aromatic nitrogens is 2. The minimum atomic E-state index is -0.853. The van der Waals surface area contributed by atoms with Crippen molar-refractivity contribution in [2.75, 3.05) is 0 Å². The molecule has 4 nitrogen and oxygen atoms in total. The summed E-state index contributed by atoms with van der Waals surface area (Å²) in [6.07, 6.45) is -0.0166. The van der Waals surface area contributed by atoms with Crippen LogP contribution < -0.4 is 0 Å². The summed E-state index contributed by atoms with van der Waals surface area (Å²) >= 11 is 6.01. The zero-order valence-electron chi connectivity index (χ0n) is 11.1. The van der Waals surface area contributed by atoms with E-state index < -0.39 is 5.97 Å². The molecule has 1 N–H and O–H groups in total. The average molecular weight is 279 g/mol. The Kier molecular flexibility index (Phi) is 3.62. The van der Waals surface area contributed by atoms with Crippen LogP contribution in [0.3, 0.4) is 0 Å². The molecule has 0 fully saturated rings. The molecule has 19 heavy (non-hydrogen) atoms. The zero-order valence-corrected chi connectivity index (χ0v) is 11.8. The van der Waals surface area contributed by atoms with Crippen LogP contribution in [0, 0.1) is 20.8 Å². The van der Waals surface area contributed by atoms with Crippen LogP contribution in [0.4, 0.5) is 0 Å². The van der Waals surface area contributed by atoms with Gasteiger partial charge in [-0.05, 0) is 38.5 Å². The Balaban J connectivity index is 2.57. The summed E-state index contributed by atoms with van der Waals surface area (Å²) in [4.78, 5) is 10.9.